The molecule has 1 unspecified atom stereocenters. The molecule has 0 aliphatic rings. The van der Waals surface area contributed by atoms with Gasteiger partial charge in [-0.2, -0.15) is 0 Å². The minimum absolute atomic E-state index is 0. The summed E-state index contributed by atoms with van der Waals surface area (Å²) in [5.41, 5.74) is 5.44. The van der Waals surface area contributed by atoms with E-state index < -0.39 is 23.9 Å². The van der Waals surface area contributed by atoms with Crippen molar-refractivity contribution in [1.82, 2.24) is 0 Å². The van der Waals surface area contributed by atoms with Crippen molar-refractivity contribution < 1.29 is 75.6 Å². The maximum atomic E-state index is 11.5. The van der Waals surface area contributed by atoms with Gasteiger partial charge in [-0.1, -0.05) is 58.3 Å². The monoisotopic (exact) mass is 367 g/mol. The number of aliphatic carboxylic acids is 1. The van der Waals surface area contributed by atoms with Gasteiger partial charge in [-0.3, -0.25) is 4.79 Å². The topological polar surface area (TPSA) is 110 Å². The Kier molecular flexibility index (Phi) is 19.8. The minimum atomic E-state index is -1.28. The summed E-state index contributed by atoms with van der Waals surface area (Å²) >= 11 is 0. The van der Waals surface area contributed by atoms with Crippen LogP contribution in [0.5, 0.6) is 0 Å². The Bertz CT molecular complexity index is 363. The van der Waals surface area contributed by atoms with Gasteiger partial charge >= 0.3 is 63.3 Å². The SMILES string of the molecule is CCCCCCCCCCCC(=O)OC(=O)C(N)CCC(=O)[O-].[K+]. The number of carbonyl (C=O) groups is 3. The van der Waals surface area contributed by atoms with Crippen molar-refractivity contribution >= 4 is 17.9 Å². The average molecular weight is 368 g/mol. The van der Waals surface area contributed by atoms with E-state index in [9.17, 15) is 19.5 Å². The van der Waals surface area contributed by atoms with Gasteiger partial charge in [-0.05, 0) is 19.3 Å². The van der Waals surface area contributed by atoms with E-state index in [-0.39, 0.29) is 70.6 Å². The van der Waals surface area contributed by atoms with E-state index in [0.717, 1.165) is 12.8 Å². The molecule has 0 fully saturated rings. The van der Waals surface area contributed by atoms with Crippen LogP contribution in [0, 0.1) is 0 Å². The summed E-state index contributed by atoms with van der Waals surface area (Å²) in [6, 6.07) is -1.10. The quantitative estimate of drug-likeness (QED) is 0.179. The standard InChI is InChI=1S/C17H31NO5.K/c1-2-3-4-5-6-7-8-9-10-11-16(21)23-17(22)14(18)12-13-15(19)20;/h14H,2-13,18H2,1H3,(H,19,20);/q;+1/p-1. The van der Waals surface area contributed by atoms with Gasteiger partial charge in [-0.25, -0.2) is 4.79 Å². The Labute approximate surface area is 187 Å². The number of carboxylic acids is 1. The second-order valence-corrected chi connectivity index (χ2v) is 5.89. The molecule has 1 atom stereocenters. The number of carboxylic acid groups (broad SMARTS) is 1. The van der Waals surface area contributed by atoms with Crippen molar-refractivity contribution in [2.75, 3.05) is 0 Å². The largest absolute Gasteiger partial charge is 1.00 e. The predicted molar refractivity (Wildman–Crippen MR) is 85.2 cm³/mol. The van der Waals surface area contributed by atoms with Crippen LogP contribution in [-0.2, 0) is 19.1 Å². The zero-order valence-corrected chi connectivity index (χ0v) is 18.3. The Balaban J connectivity index is 0. The number of hydrogen-bond donors (Lipinski definition) is 1. The first kappa shape index (κ1) is 26.4. The molecule has 2 N–H and O–H groups in total. The predicted octanol–water partition coefficient (Wildman–Crippen LogP) is -1.16. The Hall–Kier alpha value is 0.206. The van der Waals surface area contributed by atoms with Crippen LogP contribution in [0.3, 0.4) is 0 Å². The smallest absolute Gasteiger partial charge is 0.550 e. The fraction of sp³-hybridized carbons (Fsp3) is 0.824. The molecule has 7 heteroatoms. The van der Waals surface area contributed by atoms with Gasteiger partial charge in [0, 0.05) is 12.4 Å². The maximum Gasteiger partial charge on any atom is 1.00 e. The van der Waals surface area contributed by atoms with Crippen LogP contribution in [0.25, 0.3) is 0 Å². The molecule has 134 valence electrons. The van der Waals surface area contributed by atoms with Crippen LogP contribution in [0.15, 0.2) is 0 Å². The summed E-state index contributed by atoms with van der Waals surface area (Å²) in [5.74, 6) is -2.75. The number of rotatable bonds is 14. The zero-order valence-electron chi connectivity index (χ0n) is 15.2. The first-order valence-corrected chi connectivity index (χ1v) is 8.67. The minimum Gasteiger partial charge on any atom is -0.550 e. The number of carbonyl (C=O) groups excluding carboxylic acids is 3. The van der Waals surface area contributed by atoms with Gasteiger partial charge in [0.05, 0.1) is 0 Å². The fourth-order valence-corrected chi connectivity index (χ4v) is 2.21. The third kappa shape index (κ3) is 17.0. The molecule has 0 aliphatic heterocycles. The van der Waals surface area contributed by atoms with Crippen LogP contribution in [0.4, 0.5) is 0 Å². The molecular weight excluding hydrogens is 337 g/mol. The molecule has 0 aromatic carbocycles. The van der Waals surface area contributed by atoms with Crippen molar-refractivity contribution in [2.45, 2.75) is 90.0 Å². The summed E-state index contributed by atoms with van der Waals surface area (Å²) in [4.78, 5) is 33.2. The molecular formula is C17H30KNO5. The number of esters is 2. The molecule has 6 nitrogen and oxygen atoms in total. The molecule has 0 saturated heterocycles. The van der Waals surface area contributed by atoms with E-state index in [1.54, 1.807) is 0 Å². The molecule has 0 bridgehead atoms. The van der Waals surface area contributed by atoms with E-state index >= 15 is 0 Å². The van der Waals surface area contributed by atoms with Crippen molar-refractivity contribution in [3.05, 3.63) is 0 Å². The fourth-order valence-electron chi connectivity index (χ4n) is 2.21. The van der Waals surface area contributed by atoms with Gasteiger partial charge in [0.15, 0.2) is 0 Å². The van der Waals surface area contributed by atoms with Crippen molar-refractivity contribution in [1.29, 1.82) is 0 Å². The second kappa shape index (κ2) is 18.0. The van der Waals surface area contributed by atoms with Crippen LogP contribution >= 0.6 is 0 Å². The Morgan fingerprint density at radius 2 is 1.42 bits per heavy atom. The molecule has 0 aromatic rings. The first-order chi connectivity index (χ1) is 11.0. The normalized spacial score (nSPS) is 11.4. The summed E-state index contributed by atoms with van der Waals surface area (Å²) in [6.07, 6.45) is 9.99. The molecule has 0 aliphatic carbocycles. The molecule has 0 saturated carbocycles. The molecule has 0 rings (SSSR count). The molecule has 0 spiro atoms. The number of unbranched alkanes of at least 4 members (excludes halogenated alkanes) is 8. The van der Waals surface area contributed by atoms with Crippen LogP contribution in [-0.4, -0.2) is 23.9 Å². The third-order valence-electron chi connectivity index (χ3n) is 3.66. The maximum absolute atomic E-state index is 11.5. The second-order valence-electron chi connectivity index (χ2n) is 5.89. The number of ether oxygens (including phenoxy) is 1. The molecule has 24 heavy (non-hydrogen) atoms. The van der Waals surface area contributed by atoms with Crippen LogP contribution in [0.1, 0.15) is 84.0 Å². The summed E-state index contributed by atoms with van der Waals surface area (Å²) < 4.78 is 4.60. The number of hydrogen-bond acceptors (Lipinski definition) is 6. The molecule has 0 radical (unpaired) electrons. The molecule has 0 heterocycles. The van der Waals surface area contributed by atoms with Gasteiger partial charge in [0.25, 0.3) is 0 Å². The summed E-state index contributed by atoms with van der Waals surface area (Å²) in [5, 5.41) is 10.3. The number of nitrogens with two attached hydrogens (primary N) is 1. The first-order valence-electron chi connectivity index (χ1n) is 8.67. The van der Waals surface area contributed by atoms with E-state index in [4.69, 9.17) is 5.73 Å². The van der Waals surface area contributed by atoms with Gasteiger partial charge in [0.1, 0.15) is 6.04 Å². The Morgan fingerprint density at radius 3 is 1.92 bits per heavy atom. The van der Waals surface area contributed by atoms with Crippen molar-refractivity contribution in [2.24, 2.45) is 5.73 Å². The van der Waals surface area contributed by atoms with Crippen LogP contribution < -0.4 is 62.2 Å². The van der Waals surface area contributed by atoms with Gasteiger partial charge < -0.3 is 20.4 Å². The van der Waals surface area contributed by atoms with E-state index in [1.807, 2.05) is 0 Å². The van der Waals surface area contributed by atoms with E-state index in [0.29, 0.717) is 6.42 Å². The molecule has 0 aromatic heterocycles. The van der Waals surface area contributed by atoms with Gasteiger partial charge in [0.2, 0.25) is 0 Å². The Morgan fingerprint density at radius 1 is 0.917 bits per heavy atom. The summed E-state index contributed by atoms with van der Waals surface area (Å²) in [7, 11) is 0. The zero-order chi connectivity index (χ0) is 17.5. The van der Waals surface area contributed by atoms with Crippen molar-refractivity contribution in [3.63, 3.8) is 0 Å². The molecule has 0 amide bonds. The van der Waals surface area contributed by atoms with E-state index in [1.165, 1.54) is 38.5 Å². The average Bonchev–Trinajstić information content (AvgIpc) is 2.50. The van der Waals surface area contributed by atoms with E-state index in [2.05, 4.69) is 11.7 Å². The van der Waals surface area contributed by atoms with Crippen molar-refractivity contribution in [3.8, 4) is 0 Å². The van der Waals surface area contributed by atoms with Gasteiger partial charge in [-0.15, -0.1) is 0 Å². The summed E-state index contributed by atoms with van der Waals surface area (Å²) in [6.45, 7) is 2.19. The third-order valence-corrected chi connectivity index (χ3v) is 3.66. The van der Waals surface area contributed by atoms with Crippen LogP contribution in [0.2, 0.25) is 0 Å².